The highest BCUT2D eigenvalue weighted by molar-refractivity contribution is 5.94. The smallest absolute Gasteiger partial charge is 0.257 e. The molecule has 0 spiro atoms. The van der Waals surface area contributed by atoms with Crippen LogP contribution in [0.3, 0.4) is 0 Å². The zero-order valence-corrected chi connectivity index (χ0v) is 12.4. The molecule has 0 saturated carbocycles. The van der Waals surface area contributed by atoms with Gasteiger partial charge in [0.2, 0.25) is 0 Å². The number of halogens is 3. The maximum atomic E-state index is 13.9. The highest BCUT2D eigenvalue weighted by Crippen LogP contribution is 2.32. The van der Waals surface area contributed by atoms with Crippen molar-refractivity contribution in [1.29, 1.82) is 0 Å². The average Bonchev–Trinajstić information content (AvgIpc) is 2.57. The standard InChI is InChI=1S/C18H16F3NO/c19-13-9-7-12(8-10-13)16-6-1-2-11-22(16)18(23)14-4-3-5-15(20)17(14)21/h3-5,7-10,16H,1-2,6,11H2. The molecule has 5 heteroatoms. The Kier molecular flexibility index (Phi) is 4.37. The number of hydrogen-bond donors (Lipinski definition) is 0. The topological polar surface area (TPSA) is 20.3 Å². The number of carbonyl (C=O) groups is 1. The van der Waals surface area contributed by atoms with Crippen molar-refractivity contribution in [3.63, 3.8) is 0 Å². The Bertz CT molecular complexity index is 715. The summed E-state index contributed by atoms with van der Waals surface area (Å²) in [5.74, 6) is -3.04. The zero-order chi connectivity index (χ0) is 16.4. The Morgan fingerprint density at radius 1 is 1.00 bits per heavy atom. The van der Waals surface area contributed by atoms with Crippen LogP contribution in [-0.4, -0.2) is 17.4 Å². The van der Waals surface area contributed by atoms with Crippen molar-refractivity contribution in [2.45, 2.75) is 25.3 Å². The van der Waals surface area contributed by atoms with E-state index >= 15 is 0 Å². The number of hydrogen-bond acceptors (Lipinski definition) is 1. The van der Waals surface area contributed by atoms with Crippen LogP contribution in [0.1, 0.15) is 41.2 Å². The highest BCUT2D eigenvalue weighted by Gasteiger charge is 2.30. The summed E-state index contributed by atoms with van der Waals surface area (Å²) in [5.41, 5.74) is 0.537. The van der Waals surface area contributed by atoms with Gasteiger partial charge in [-0.3, -0.25) is 4.79 Å². The normalized spacial score (nSPS) is 18.0. The lowest BCUT2D eigenvalue weighted by Crippen LogP contribution is -2.39. The summed E-state index contributed by atoms with van der Waals surface area (Å²) in [5, 5.41) is 0. The molecule has 1 heterocycles. The summed E-state index contributed by atoms with van der Waals surface area (Å²) < 4.78 is 40.4. The molecule has 1 unspecified atom stereocenters. The van der Waals surface area contributed by atoms with Gasteiger partial charge in [-0.1, -0.05) is 18.2 Å². The number of benzene rings is 2. The number of amides is 1. The molecule has 2 aromatic rings. The van der Waals surface area contributed by atoms with Crippen molar-refractivity contribution in [2.24, 2.45) is 0 Å². The first-order valence-corrected chi connectivity index (χ1v) is 7.58. The van der Waals surface area contributed by atoms with E-state index in [0.717, 1.165) is 24.5 Å². The van der Waals surface area contributed by atoms with Crippen LogP contribution in [0.4, 0.5) is 13.2 Å². The third-order valence-corrected chi connectivity index (χ3v) is 4.20. The maximum Gasteiger partial charge on any atom is 0.257 e. The Labute approximate surface area is 132 Å². The van der Waals surface area contributed by atoms with Gasteiger partial charge in [-0.15, -0.1) is 0 Å². The summed E-state index contributed by atoms with van der Waals surface area (Å²) in [6.45, 7) is 0.469. The summed E-state index contributed by atoms with van der Waals surface area (Å²) >= 11 is 0. The molecule has 2 nitrogen and oxygen atoms in total. The fourth-order valence-electron chi connectivity index (χ4n) is 3.03. The second-order valence-corrected chi connectivity index (χ2v) is 5.66. The fraction of sp³-hybridized carbons (Fsp3) is 0.278. The van der Waals surface area contributed by atoms with Crippen LogP contribution in [0.25, 0.3) is 0 Å². The van der Waals surface area contributed by atoms with Crippen LogP contribution >= 0.6 is 0 Å². The van der Waals surface area contributed by atoms with E-state index in [0.29, 0.717) is 13.0 Å². The Balaban J connectivity index is 1.93. The molecule has 0 aliphatic carbocycles. The van der Waals surface area contributed by atoms with Gasteiger partial charge >= 0.3 is 0 Å². The maximum absolute atomic E-state index is 13.9. The van der Waals surface area contributed by atoms with E-state index in [1.54, 1.807) is 17.0 Å². The monoisotopic (exact) mass is 319 g/mol. The predicted octanol–water partition coefficient (Wildman–Crippen LogP) is 4.47. The summed E-state index contributed by atoms with van der Waals surface area (Å²) in [4.78, 5) is 14.2. The van der Waals surface area contributed by atoms with Crippen molar-refractivity contribution in [1.82, 2.24) is 4.90 Å². The quantitative estimate of drug-likeness (QED) is 0.799. The van der Waals surface area contributed by atoms with E-state index in [1.165, 1.54) is 24.3 Å². The minimum Gasteiger partial charge on any atom is -0.332 e. The molecule has 120 valence electrons. The van der Waals surface area contributed by atoms with Gasteiger partial charge in [-0.25, -0.2) is 13.2 Å². The molecular weight excluding hydrogens is 303 g/mol. The highest BCUT2D eigenvalue weighted by atomic mass is 19.2. The van der Waals surface area contributed by atoms with Gasteiger partial charge in [-0.2, -0.15) is 0 Å². The van der Waals surface area contributed by atoms with Crippen LogP contribution in [0.2, 0.25) is 0 Å². The van der Waals surface area contributed by atoms with Gasteiger partial charge < -0.3 is 4.90 Å². The minimum atomic E-state index is -1.12. The van der Waals surface area contributed by atoms with Gasteiger partial charge in [0, 0.05) is 6.54 Å². The molecule has 1 amide bonds. The molecule has 0 bridgehead atoms. The lowest BCUT2D eigenvalue weighted by molar-refractivity contribution is 0.0605. The van der Waals surface area contributed by atoms with Crippen molar-refractivity contribution >= 4 is 5.91 Å². The second-order valence-electron chi connectivity index (χ2n) is 5.66. The molecule has 0 radical (unpaired) electrons. The summed E-state index contributed by atoms with van der Waals surface area (Å²) in [7, 11) is 0. The van der Waals surface area contributed by atoms with Gasteiger partial charge in [0.25, 0.3) is 5.91 Å². The average molecular weight is 319 g/mol. The van der Waals surface area contributed by atoms with E-state index < -0.39 is 17.5 Å². The molecule has 0 aromatic heterocycles. The molecular formula is C18H16F3NO. The molecule has 1 saturated heterocycles. The molecule has 2 aromatic carbocycles. The van der Waals surface area contributed by atoms with Crippen molar-refractivity contribution in [3.8, 4) is 0 Å². The third-order valence-electron chi connectivity index (χ3n) is 4.20. The van der Waals surface area contributed by atoms with Crippen LogP contribution in [-0.2, 0) is 0 Å². The Morgan fingerprint density at radius 3 is 2.48 bits per heavy atom. The Hall–Kier alpha value is -2.30. The van der Waals surface area contributed by atoms with Gasteiger partial charge in [0.1, 0.15) is 5.82 Å². The molecule has 23 heavy (non-hydrogen) atoms. The predicted molar refractivity (Wildman–Crippen MR) is 80.4 cm³/mol. The van der Waals surface area contributed by atoms with Gasteiger partial charge in [0.15, 0.2) is 11.6 Å². The molecule has 1 atom stereocenters. The number of carbonyl (C=O) groups excluding carboxylic acids is 1. The van der Waals surface area contributed by atoms with Crippen LogP contribution in [0.15, 0.2) is 42.5 Å². The van der Waals surface area contributed by atoms with Crippen molar-refractivity contribution in [2.75, 3.05) is 6.54 Å². The number of likely N-dealkylation sites (tertiary alicyclic amines) is 1. The summed E-state index contributed by atoms with van der Waals surface area (Å²) in [6.07, 6.45) is 2.45. The first-order chi connectivity index (χ1) is 11.1. The number of rotatable bonds is 2. The lowest BCUT2D eigenvalue weighted by Gasteiger charge is -2.36. The lowest BCUT2D eigenvalue weighted by atomic mass is 9.94. The Morgan fingerprint density at radius 2 is 1.74 bits per heavy atom. The van der Waals surface area contributed by atoms with Crippen LogP contribution < -0.4 is 0 Å². The van der Waals surface area contributed by atoms with Crippen molar-refractivity contribution in [3.05, 3.63) is 71.0 Å². The SMILES string of the molecule is O=C(c1cccc(F)c1F)N1CCCCC1c1ccc(F)cc1. The third kappa shape index (κ3) is 3.09. The van der Waals surface area contributed by atoms with E-state index in [-0.39, 0.29) is 17.4 Å². The second kappa shape index (κ2) is 6.44. The van der Waals surface area contributed by atoms with E-state index in [1.807, 2.05) is 0 Å². The van der Waals surface area contributed by atoms with E-state index in [4.69, 9.17) is 0 Å². The van der Waals surface area contributed by atoms with Crippen molar-refractivity contribution < 1.29 is 18.0 Å². The number of nitrogens with zero attached hydrogens (tertiary/aromatic N) is 1. The molecule has 1 fully saturated rings. The van der Waals surface area contributed by atoms with Gasteiger partial charge in [0.05, 0.1) is 11.6 Å². The minimum absolute atomic E-state index is 0.250. The molecule has 1 aliphatic rings. The van der Waals surface area contributed by atoms with Crippen LogP contribution in [0, 0.1) is 17.5 Å². The molecule has 1 aliphatic heterocycles. The van der Waals surface area contributed by atoms with E-state index in [2.05, 4.69) is 0 Å². The molecule has 0 N–H and O–H groups in total. The molecule has 3 rings (SSSR count). The number of piperidine rings is 1. The van der Waals surface area contributed by atoms with Crippen LogP contribution in [0.5, 0.6) is 0 Å². The summed E-state index contributed by atoms with van der Waals surface area (Å²) in [6, 6.07) is 9.30. The largest absolute Gasteiger partial charge is 0.332 e. The first kappa shape index (κ1) is 15.6. The van der Waals surface area contributed by atoms with Gasteiger partial charge in [-0.05, 0) is 49.1 Å². The first-order valence-electron chi connectivity index (χ1n) is 7.58. The van der Waals surface area contributed by atoms with E-state index in [9.17, 15) is 18.0 Å². The zero-order valence-electron chi connectivity index (χ0n) is 12.4. The fourth-order valence-corrected chi connectivity index (χ4v) is 3.03.